The number of hydrogen-bond donors (Lipinski definition) is 6. The van der Waals surface area contributed by atoms with Crippen molar-refractivity contribution in [3.8, 4) is 0 Å². The van der Waals surface area contributed by atoms with E-state index in [1.165, 1.54) is 32.9 Å². The Morgan fingerprint density at radius 1 is 0.962 bits per heavy atom. The molecule has 0 aromatic heterocycles. The summed E-state index contributed by atoms with van der Waals surface area (Å²) < 4.78 is 17.7. The molecule has 11 atom stereocenters. The first-order chi connectivity index (χ1) is 23.9. The summed E-state index contributed by atoms with van der Waals surface area (Å²) in [5, 5.41) is 62.7. The molecule has 1 radical (unpaired) electrons. The molecule has 13 nitrogen and oxygen atoms in total. The molecule has 0 spiro atoms. The predicted octanol–water partition coefficient (Wildman–Crippen LogP) is 1.30. The van der Waals surface area contributed by atoms with Crippen LogP contribution in [0, 0.1) is 60.8 Å². The van der Waals surface area contributed by atoms with Crippen molar-refractivity contribution in [2.75, 3.05) is 6.61 Å². The molecule has 1 aliphatic heterocycles. The normalized spacial score (nSPS) is 35.8. The van der Waals surface area contributed by atoms with Crippen LogP contribution in [0.3, 0.4) is 0 Å². The van der Waals surface area contributed by atoms with Crippen LogP contribution in [0.4, 0.5) is 0 Å². The summed E-state index contributed by atoms with van der Waals surface area (Å²) in [5.74, 6) is -4.98. The van der Waals surface area contributed by atoms with Gasteiger partial charge in [0.25, 0.3) is 0 Å². The second kappa shape index (κ2) is 14.6. The van der Waals surface area contributed by atoms with Crippen LogP contribution in [-0.2, 0) is 28.6 Å². The smallest absolute Gasteiger partial charge is 0.338 e. The fourth-order valence-electron chi connectivity index (χ4n) is 8.95. The average Bonchev–Trinajstić information content (AvgIpc) is 3.09. The second-order valence-corrected chi connectivity index (χ2v) is 15.1. The van der Waals surface area contributed by atoms with Gasteiger partial charge in [0.1, 0.15) is 29.5 Å². The zero-order valence-corrected chi connectivity index (χ0v) is 34.4. The van der Waals surface area contributed by atoms with E-state index in [1.54, 1.807) is 62.4 Å². The summed E-state index contributed by atoms with van der Waals surface area (Å²) in [7, 11) is 0. The van der Waals surface area contributed by atoms with Crippen molar-refractivity contribution in [3.05, 3.63) is 82.9 Å². The van der Waals surface area contributed by atoms with Gasteiger partial charge in [0.15, 0.2) is 11.9 Å². The number of carbonyl (C=O) groups excluding carboxylic acids is 4. The maximum atomic E-state index is 14.6. The van der Waals surface area contributed by atoms with E-state index in [0.29, 0.717) is 5.56 Å². The van der Waals surface area contributed by atoms with Crippen molar-refractivity contribution in [2.45, 2.75) is 101 Å². The van der Waals surface area contributed by atoms with Gasteiger partial charge in [0.2, 0.25) is 5.91 Å². The largest absolute Gasteiger partial charge is 0.456 e. The quantitative estimate of drug-likeness (QED) is 0.172. The Morgan fingerprint density at radius 2 is 1.56 bits per heavy atom. The van der Waals surface area contributed by atoms with Crippen molar-refractivity contribution in [3.63, 3.8) is 0 Å². The van der Waals surface area contributed by atoms with Gasteiger partial charge in [0.05, 0.1) is 35.8 Å². The second-order valence-electron chi connectivity index (χ2n) is 15.1. The zero-order valence-electron chi connectivity index (χ0n) is 29.7. The molecule has 2 aromatic carbocycles. The summed E-state index contributed by atoms with van der Waals surface area (Å²) in [6.07, 6.45) is -10.1. The molecule has 3 fully saturated rings. The number of nitrogens with one attached hydrogen (secondary N) is 1. The van der Waals surface area contributed by atoms with Crippen molar-refractivity contribution in [2.24, 2.45) is 16.7 Å². The monoisotopic (exact) mass is 934 g/mol. The third kappa shape index (κ3) is 6.31. The number of amides is 1. The summed E-state index contributed by atoms with van der Waals surface area (Å²) in [6.45, 7) is 6.94. The SMILES string of the molecule is CC(=O)NC(c1ccccc1)C(O)C(=O)OC1CC2(O)C(OC(=O)c3ccccc3)C3[C@]4(O)COC4CC(O)[C@@]3(C)C(=O)C(O)C(=C1C)C2(C)C.[Ac]. The Balaban J connectivity index is 0.00000523. The van der Waals surface area contributed by atoms with Gasteiger partial charge in [-0.3, -0.25) is 9.59 Å². The standard InChI is InChI=1S/C38H45NO12.Ac/c1-19-23(50-34(46)29(43)27(39-20(2)40)21-12-8-6-9-13-21)17-38(48)32(51-33(45)22-14-10-7-11-15-22)30-36(5,24(41)16-25-37(30,47)18-49-25)31(44)28(42)26(19)35(38,3)4;/h6-15,23-25,27-30,32,41-43,47-48H,16-18H2,1-5H3,(H,39,40);/t23?,24?,25?,27?,28?,29?,30?,32?,36-,37+,38?;/m1./s1. The summed E-state index contributed by atoms with van der Waals surface area (Å²) in [4.78, 5) is 54.3. The van der Waals surface area contributed by atoms with Crippen molar-refractivity contribution >= 4 is 23.6 Å². The van der Waals surface area contributed by atoms with E-state index in [9.17, 15) is 44.7 Å². The fraction of sp³-hybridized carbons (Fsp3) is 0.526. The maximum Gasteiger partial charge on any atom is 0.338 e. The van der Waals surface area contributed by atoms with E-state index >= 15 is 0 Å². The Bertz CT molecular complexity index is 1750. The van der Waals surface area contributed by atoms with Crippen LogP contribution in [0.2, 0.25) is 0 Å². The van der Waals surface area contributed by atoms with Crippen molar-refractivity contribution < 1.29 is 103 Å². The van der Waals surface area contributed by atoms with Crippen LogP contribution in [0.5, 0.6) is 0 Å². The molecular formula is C38H45AcNO12. The number of carbonyl (C=O) groups is 4. The van der Waals surface area contributed by atoms with Crippen LogP contribution < -0.4 is 5.32 Å². The third-order valence-electron chi connectivity index (χ3n) is 12.0. The predicted molar refractivity (Wildman–Crippen MR) is 179 cm³/mol. The van der Waals surface area contributed by atoms with Gasteiger partial charge >= 0.3 is 11.9 Å². The molecule has 6 rings (SSSR count). The minimum Gasteiger partial charge on any atom is -0.456 e. The van der Waals surface area contributed by atoms with Gasteiger partial charge in [-0.2, -0.15) is 0 Å². The minimum atomic E-state index is -2.28. The van der Waals surface area contributed by atoms with E-state index in [2.05, 4.69) is 5.32 Å². The number of aliphatic hydroxyl groups excluding tert-OH is 3. The average molecular weight is 935 g/mol. The molecule has 2 bridgehead atoms. The molecule has 9 unspecified atom stereocenters. The molecule has 2 saturated carbocycles. The number of fused-ring (bicyclic) bond motifs is 5. The number of benzene rings is 2. The number of ether oxygens (including phenoxy) is 3. The molecule has 14 heteroatoms. The fourth-order valence-corrected chi connectivity index (χ4v) is 8.95. The Morgan fingerprint density at radius 3 is 2.12 bits per heavy atom. The molecule has 2 aromatic rings. The van der Waals surface area contributed by atoms with Gasteiger partial charge in [-0.1, -0.05) is 62.4 Å². The van der Waals surface area contributed by atoms with Crippen molar-refractivity contribution in [1.82, 2.24) is 5.32 Å². The maximum absolute atomic E-state index is 14.6. The van der Waals surface area contributed by atoms with Crippen LogP contribution in [0.25, 0.3) is 0 Å². The molecular weight excluding hydrogens is 889 g/mol. The Labute approximate surface area is 337 Å². The number of rotatable bonds is 7. The summed E-state index contributed by atoms with van der Waals surface area (Å²) in [5.41, 5.74) is -6.99. The van der Waals surface area contributed by atoms with Crippen molar-refractivity contribution in [1.29, 1.82) is 0 Å². The summed E-state index contributed by atoms with van der Waals surface area (Å²) >= 11 is 0. The molecule has 1 amide bonds. The van der Waals surface area contributed by atoms with E-state index < -0.39 is 101 Å². The topological polar surface area (TPSA) is 209 Å². The van der Waals surface area contributed by atoms with E-state index in [-0.39, 0.29) is 73.8 Å². The van der Waals surface area contributed by atoms with Crippen LogP contribution in [-0.4, -0.2) is 104 Å². The molecule has 3 aliphatic carbocycles. The molecule has 4 aliphatic rings. The van der Waals surface area contributed by atoms with Crippen LogP contribution in [0.15, 0.2) is 71.8 Å². The number of Topliss-reactive ketones (excluding diaryl/α,β-unsaturated/α-hetero) is 1. The molecule has 1 heterocycles. The van der Waals surface area contributed by atoms with Gasteiger partial charge in [-0.15, -0.1) is 0 Å². The van der Waals surface area contributed by atoms with Gasteiger partial charge in [-0.05, 0) is 42.7 Å². The Kier molecular flexibility index (Phi) is 11.4. The first kappa shape index (κ1) is 40.6. The number of ketones is 1. The number of hydrogen-bond acceptors (Lipinski definition) is 12. The third-order valence-corrected chi connectivity index (χ3v) is 12.0. The minimum absolute atomic E-state index is 0. The number of aliphatic hydroxyl groups is 5. The van der Waals surface area contributed by atoms with Gasteiger partial charge in [0, 0.05) is 75.2 Å². The van der Waals surface area contributed by atoms with Gasteiger partial charge in [-0.25, -0.2) is 9.59 Å². The molecule has 1 saturated heterocycles. The summed E-state index contributed by atoms with van der Waals surface area (Å²) in [6, 6.07) is 15.0. The molecule has 277 valence electrons. The first-order valence-electron chi connectivity index (χ1n) is 17.0. The molecule has 6 N–H and O–H groups in total. The Hall–Kier alpha value is -2.54. The van der Waals surface area contributed by atoms with Crippen LogP contribution >= 0.6 is 0 Å². The molecule has 52 heavy (non-hydrogen) atoms. The first-order valence-corrected chi connectivity index (χ1v) is 17.0. The van der Waals surface area contributed by atoms with Gasteiger partial charge < -0.3 is 45.1 Å². The zero-order chi connectivity index (χ0) is 37.3. The van der Waals surface area contributed by atoms with E-state index in [0.717, 1.165) is 0 Å². The van der Waals surface area contributed by atoms with E-state index in [1.807, 2.05) is 0 Å². The van der Waals surface area contributed by atoms with E-state index in [4.69, 9.17) is 14.2 Å². The van der Waals surface area contributed by atoms with Crippen LogP contribution in [0.1, 0.15) is 69.4 Å². The number of esters is 2.